The van der Waals surface area contributed by atoms with Crippen LogP contribution in [0.3, 0.4) is 0 Å². The number of anilines is 2. The van der Waals surface area contributed by atoms with E-state index in [4.69, 9.17) is 16.3 Å². The average Bonchev–Trinajstić information content (AvgIpc) is 2.36. The lowest BCUT2D eigenvalue weighted by Crippen LogP contribution is -2.37. The first-order valence-corrected chi connectivity index (χ1v) is 5.87. The minimum absolute atomic E-state index is 0.152. The number of hydrogen-bond acceptors (Lipinski definition) is 6. The number of hydrogen-bond donors (Lipinski definition) is 1. The summed E-state index contributed by atoms with van der Waals surface area (Å²) >= 11 is 5.68. The molecule has 1 N–H and O–H groups in total. The van der Waals surface area contributed by atoms with Crippen molar-refractivity contribution in [3.8, 4) is 0 Å². The molecule has 0 amide bonds. The summed E-state index contributed by atoms with van der Waals surface area (Å²) < 4.78 is 41.5. The molecule has 19 heavy (non-hydrogen) atoms. The van der Waals surface area contributed by atoms with Crippen LogP contribution in [0.15, 0.2) is 0 Å². The highest BCUT2D eigenvalue weighted by Crippen LogP contribution is 2.18. The van der Waals surface area contributed by atoms with Crippen LogP contribution >= 0.6 is 11.6 Å². The Morgan fingerprint density at radius 3 is 2.53 bits per heavy atom. The van der Waals surface area contributed by atoms with Gasteiger partial charge in [-0.15, -0.1) is 0 Å². The van der Waals surface area contributed by atoms with Crippen molar-refractivity contribution >= 4 is 23.5 Å². The highest BCUT2D eigenvalue weighted by molar-refractivity contribution is 6.28. The zero-order valence-corrected chi connectivity index (χ0v) is 10.5. The van der Waals surface area contributed by atoms with E-state index in [0.29, 0.717) is 26.3 Å². The molecule has 0 aromatic carbocycles. The van der Waals surface area contributed by atoms with Gasteiger partial charge >= 0.3 is 6.18 Å². The molecule has 0 aliphatic carbocycles. The Morgan fingerprint density at radius 2 is 1.89 bits per heavy atom. The van der Waals surface area contributed by atoms with E-state index >= 15 is 0 Å². The Kier molecular flexibility index (Phi) is 4.25. The first kappa shape index (κ1) is 14.1. The smallest absolute Gasteiger partial charge is 0.378 e. The molecule has 1 aromatic heterocycles. The molecule has 0 bridgehead atoms. The number of aromatic nitrogens is 3. The van der Waals surface area contributed by atoms with Gasteiger partial charge in [0.05, 0.1) is 13.2 Å². The fraction of sp³-hybridized carbons (Fsp3) is 0.667. The lowest BCUT2D eigenvalue weighted by Gasteiger charge is -2.26. The van der Waals surface area contributed by atoms with Gasteiger partial charge in [0.25, 0.3) is 0 Å². The number of morpholine rings is 1. The van der Waals surface area contributed by atoms with Crippen LogP contribution in [0.5, 0.6) is 0 Å². The topological polar surface area (TPSA) is 63.2 Å². The predicted molar refractivity (Wildman–Crippen MR) is 62.4 cm³/mol. The zero-order chi connectivity index (χ0) is 13.9. The molecule has 106 valence electrons. The SMILES string of the molecule is FC(F)(F)CNc1nc(Cl)nc(N2CCOCC2)n1. The van der Waals surface area contributed by atoms with Crippen molar-refractivity contribution in [2.75, 3.05) is 43.1 Å². The summed E-state index contributed by atoms with van der Waals surface area (Å²) in [5, 5.41) is 1.92. The van der Waals surface area contributed by atoms with Gasteiger partial charge in [0.2, 0.25) is 17.2 Å². The molecule has 0 unspecified atom stereocenters. The Morgan fingerprint density at radius 1 is 1.21 bits per heavy atom. The van der Waals surface area contributed by atoms with E-state index in [1.54, 1.807) is 4.90 Å². The zero-order valence-electron chi connectivity index (χ0n) is 9.74. The molecule has 0 atom stereocenters. The maximum absolute atomic E-state index is 12.1. The highest BCUT2D eigenvalue weighted by Gasteiger charge is 2.27. The van der Waals surface area contributed by atoms with E-state index < -0.39 is 12.7 Å². The number of alkyl halides is 3. The largest absolute Gasteiger partial charge is 0.405 e. The third kappa shape index (κ3) is 4.35. The second-order valence-corrected chi connectivity index (χ2v) is 4.13. The number of ether oxygens (including phenoxy) is 1. The molecule has 0 spiro atoms. The summed E-state index contributed by atoms with van der Waals surface area (Å²) in [6.07, 6.45) is -4.35. The molecule has 1 aromatic rings. The van der Waals surface area contributed by atoms with Crippen LogP contribution < -0.4 is 10.2 Å². The number of rotatable bonds is 3. The van der Waals surface area contributed by atoms with Gasteiger partial charge in [-0.2, -0.15) is 28.1 Å². The monoisotopic (exact) mass is 297 g/mol. The molecule has 0 radical (unpaired) electrons. The van der Waals surface area contributed by atoms with Gasteiger partial charge in [-0.05, 0) is 11.6 Å². The van der Waals surface area contributed by atoms with E-state index in [1.807, 2.05) is 0 Å². The average molecular weight is 298 g/mol. The standard InChI is InChI=1S/C9H11ClF3N5O/c10-6-15-7(14-5-9(11,12)13)17-8(16-6)18-1-3-19-4-2-18/h1-5H2,(H,14,15,16,17). The van der Waals surface area contributed by atoms with Crippen molar-refractivity contribution in [1.29, 1.82) is 0 Å². The first-order chi connectivity index (χ1) is 8.94. The molecular formula is C9H11ClF3N5O. The van der Waals surface area contributed by atoms with Crippen molar-refractivity contribution < 1.29 is 17.9 Å². The molecule has 10 heteroatoms. The minimum atomic E-state index is -4.35. The van der Waals surface area contributed by atoms with Gasteiger partial charge in [-0.3, -0.25) is 0 Å². The predicted octanol–water partition coefficient (Wildman–Crippen LogP) is 1.34. The van der Waals surface area contributed by atoms with E-state index in [1.165, 1.54) is 0 Å². The Bertz CT molecular complexity index is 438. The summed E-state index contributed by atoms with van der Waals surface area (Å²) in [5.41, 5.74) is 0. The van der Waals surface area contributed by atoms with Crippen molar-refractivity contribution in [3.05, 3.63) is 5.28 Å². The Labute approximate surface area is 111 Å². The van der Waals surface area contributed by atoms with Crippen LogP contribution in [-0.4, -0.2) is 54.0 Å². The maximum Gasteiger partial charge on any atom is 0.405 e. The molecule has 1 aliphatic heterocycles. The van der Waals surface area contributed by atoms with Gasteiger partial charge in [-0.1, -0.05) is 0 Å². The van der Waals surface area contributed by atoms with Gasteiger partial charge in [-0.25, -0.2) is 0 Å². The van der Waals surface area contributed by atoms with Crippen molar-refractivity contribution in [2.45, 2.75) is 6.18 Å². The van der Waals surface area contributed by atoms with Gasteiger partial charge < -0.3 is 15.0 Å². The van der Waals surface area contributed by atoms with E-state index in [2.05, 4.69) is 20.3 Å². The fourth-order valence-electron chi connectivity index (χ4n) is 1.50. The van der Waals surface area contributed by atoms with Crippen LogP contribution in [0.1, 0.15) is 0 Å². The number of halogens is 4. The lowest BCUT2D eigenvalue weighted by atomic mass is 10.4. The molecule has 2 rings (SSSR count). The fourth-order valence-corrected chi connectivity index (χ4v) is 1.66. The molecule has 0 saturated carbocycles. The molecule has 6 nitrogen and oxygen atoms in total. The lowest BCUT2D eigenvalue weighted by molar-refractivity contribution is -0.115. The van der Waals surface area contributed by atoms with Gasteiger partial charge in [0.15, 0.2) is 0 Å². The summed E-state index contributed by atoms with van der Waals surface area (Å²) in [7, 11) is 0. The molecule has 2 heterocycles. The third-order valence-corrected chi connectivity index (χ3v) is 2.51. The maximum atomic E-state index is 12.1. The van der Waals surface area contributed by atoms with Crippen molar-refractivity contribution in [3.63, 3.8) is 0 Å². The molecule has 1 fully saturated rings. The molecule has 1 saturated heterocycles. The van der Waals surface area contributed by atoms with Crippen LogP contribution in [0.2, 0.25) is 5.28 Å². The van der Waals surface area contributed by atoms with Crippen LogP contribution in [-0.2, 0) is 4.74 Å². The van der Waals surface area contributed by atoms with E-state index in [9.17, 15) is 13.2 Å². The van der Waals surface area contributed by atoms with E-state index in [-0.39, 0.29) is 17.2 Å². The van der Waals surface area contributed by atoms with Crippen molar-refractivity contribution in [1.82, 2.24) is 15.0 Å². The number of nitrogens with zero attached hydrogens (tertiary/aromatic N) is 4. The van der Waals surface area contributed by atoms with Crippen LogP contribution in [0, 0.1) is 0 Å². The van der Waals surface area contributed by atoms with Gasteiger partial charge in [0.1, 0.15) is 6.54 Å². The van der Waals surface area contributed by atoms with Gasteiger partial charge in [0, 0.05) is 13.1 Å². The highest BCUT2D eigenvalue weighted by atomic mass is 35.5. The Balaban J connectivity index is 2.10. The quantitative estimate of drug-likeness (QED) is 0.908. The number of nitrogens with one attached hydrogen (secondary N) is 1. The Hall–Kier alpha value is -1.35. The second kappa shape index (κ2) is 5.74. The summed E-state index contributed by atoms with van der Waals surface area (Å²) in [6.45, 7) is 0.900. The van der Waals surface area contributed by atoms with Crippen LogP contribution in [0.25, 0.3) is 0 Å². The normalized spacial score (nSPS) is 16.5. The summed E-state index contributed by atoms with van der Waals surface area (Å²) in [5.74, 6) is 0.0480. The summed E-state index contributed by atoms with van der Waals surface area (Å²) in [4.78, 5) is 13.2. The first-order valence-electron chi connectivity index (χ1n) is 5.49. The van der Waals surface area contributed by atoms with Crippen molar-refractivity contribution in [2.24, 2.45) is 0 Å². The second-order valence-electron chi connectivity index (χ2n) is 3.80. The molecular weight excluding hydrogens is 287 g/mol. The minimum Gasteiger partial charge on any atom is -0.378 e. The van der Waals surface area contributed by atoms with E-state index in [0.717, 1.165) is 0 Å². The van der Waals surface area contributed by atoms with Crippen LogP contribution in [0.4, 0.5) is 25.1 Å². The third-order valence-electron chi connectivity index (χ3n) is 2.34. The molecule has 1 aliphatic rings. The summed E-state index contributed by atoms with van der Waals surface area (Å²) in [6, 6.07) is 0.